The maximum atomic E-state index is 12.8. The van der Waals surface area contributed by atoms with Crippen LogP contribution in [0.2, 0.25) is 0 Å². The Hall–Kier alpha value is -0.610. The molecule has 19 heavy (non-hydrogen) atoms. The molecule has 0 spiro atoms. The molecule has 110 valence electrons. The van der Waals surface area contributed by atoms with Gasteiger partial charge in [0.05, 0.1) is 24.7 Å². The summed E-state index contributed by atoms with van der Waals surface area (Å²) >= 11 is 0. The van der Waals surface area contributed by atoms with Gasteiger partial charge >= 0.3 is 0 Å². The third-order valence-electron chi connectivity index (χ3n) is 4.61. The van der Waals surface area contributed by atoms with E-state index in [1.54, 1.807) is 0 Å². The van der Waals surface area contributed by atoms with Crippen molar-refractivity contribution >= 4 is 5.91 Å². The maximum Gasteiger partial charge on any atom is 0.227 e. The van der Waals surface area contributed by atoms with Crippen LogP contribution in [0.4, 0.5) is 0 Å². The summed E-state index contributed by atoms with van der Waals surface area (Å²) in [7, 11) is 0. The number of nitrogens with two attached hydrogens (primary N) is 1. The largest absolute Gasteiger partial charge is 0.375 e. The van der Waals surface area contributed by atoms with Gasteiger partial charge in [-0.05, 0) is 26.2 Å². The van der Waals surface area contributed by atoms with E-state index in [0.717, 1.165) is 32.2 Å². The Labute approximate surface area is 116 Å². The van der Waals surface area contributed by atoms with Gasteiger partial charge in [0.1, 0.15) is 0 Å². The van der Waals surface area contributed by atoms with Gasteiger partial charge in [-0.2, -0.15) is 0 Å². The first-order valence-electron chi connectivity index (χ1n) is 7.81. The fourth-order valence-electron chi connectivity index (χ4n) is 3.31. The van der Waals surface area contributed by atoms with Gasteiger partial charge in [-0.3, -0.25) is 4.79 Å². The minimum absolute atomic E-state index is 0.0295. The number of morpholine rings is 1. The van der Waals surface area contributed by atoms with Crippen LogP contribution in [0.15, 0.2) is 0 Å². The summed E-state index contributed by atoms with van der Waals surface area (Å²) in [6, 6.07) is 0.282. The van der Waals surface area contributed by atoms with E-state index in [2.05, 4.69) is 6.92 Å². The van der Waals surface area contributed by atoms with Crippen molar-refractivity contribution in [2.75, 3.05) is 13.2 Å². The highest BCUT2D eigenvalue weighted by atomic mass is 16.5. The molecule has 2 fully saturated rings. The standard InChI is InChI=1S/C15H28N2O2/c1-3-12-10-19-11(2)9-17(12)15(18)13-7-5-4-6-8-14(13)16/h11-14H,3-10,16H2,1-2H3. The zero-order valence-electron chi connectivity index (χ0n) is 12.3. The molecule has 0 radical (unpaired) electrons. The SMILES string of the molecule is CCC1COC(C)CN1C(=O)C1CCCCCC1N. The third-order valence-corrected chi connectivity index (χ3v) is 4.61. The molecule has 4 nitrogen and oxygen atoms in total. The predicted octanol–water partition coefficient (Wildman–Crippen LogP) is 1.92. The second kappa shape index (κ2) is 6.71. The number of nitrogens with zero attached hydrogens (tertiary/aromatic N) is 1. The lowest BCUT2D eigenvalue weighted by atomic mass is 9.92. The quantitative estimate of drug-likeness (QED) is 0.778. The minimum Gasteiger partial charge on any atom is -0.375 e. The molecule has 2 rings (SSSR count). The first-order valence-corrected chi connectivity index (χ1v) is 7.81. The van der Waals surface area contributed by atoms with Crippen molar-refractivity contribution < 1.29 is 9.53 Å². The molecule has 0 bridgehead atoms. The fraction of sp³-hybridized carbons (Fsp3) is 0.933. The lowest BCUT2D eigenvalue weighted by molar-refractivity contribution is -0.149. The van der Waals surface area contributed by atoms with Crippen molar-refractivity contribution in [1.82, 2.24) is 4.90 Å². The number of carbonyl (C=O) groups excluding carboxylic acids is 1. The molecule has 0 aromatic carbocycles. The Bertz CT molecular complexity index is 309. The summed E-state index contributed by atoms with van der Waals surface area (Å²) in [5, 5.41) is 0. The number of hydrogen-bond acceptors (Lipinski definition) is 3. The van der Waals surface area contributed by atoms with Gasteiger partial charge in [-0.15, -0.1) is 0 Å². The molecule has 1 saturated carbocycles. The van der Waals surface area contributed by atoms with E-state index in [0.29, 0.717) is 6.61 Å². The highest BCUT2D eigenvalue weighted by molar-refractivity contribution is 5.80. The van der Waals surface area contributed by atoms with Crippen molar-refractivity contribution in [1.29, 1.82) is 0 Å². The Morgan fingerprint density at radius 1 is 1.32 bits per heavy atom. The molecule has 1 saturated heterocycles. The van der Waals surface area contributed by atoms with E-state index < -0.39 is 0 Å². The zero-order valence-corrected chi connectivity index (χ0v) is 12.3. The summed E-state index contributed by atoms with van der Waals surface area (Å²) in [6.07, 6.45) is 6.58. The van der Waals surface area contributed by atoms with E-state index in [1.165, 1.54) is 12.8 Å². The van der Waals surface area contributed by atoms with Crippen LogP contribution in [-0.4, -0.2) is 42.1 Å². The van der Waals surface area contributed by atoms with E-state index in [9.17, 15) is 4.79 Å². The molecule has 1 heterocycles. The summed E-state index contributed by atoms with van der Waals surface area (Å²) in [5.74, 6) is 0.304. The Morgan fingerprint density at radius 2 is 2.05 bits per heavy atom. The van der Waals surface area contributed by atoms with Gasteiger partial charge < -0.3 is 15.4 Å². The number of rotatable bonds is 2. The van der Waals surface area contributed by atoms with Crippen molar-refractivity contribution in [3.05, 3.63) is 0 Å². The first kappa shape index (κ1) is 14.8. The smallest absolute Gasteiger partial charge is 0.227 e. The lowest BCUT2D eigenvalue weighted by Crippen LogP contribution is -2.55. The van der Waals surface area contributed by atoms with Gasteiger partial charge in [0.15, 0.2) is 0 Å². The van der Waals surface area contributed by atoms with E-state index >= 15 is 0 Å². The van der Waals surface area contributed by atoms with Gasteiger partial charge in [0.2, 0.25) is 5.91 Å². The molecule has 4 atom stereocenters. The topological polar surface area (TPSA) is 55.6 Å². The Morgan fingerprint density at radius 3 is 2.79 bits per heavy atom. The average Bonchev–Trinajstić information content (AvgIpc) is 2.62. The van der Waals surface area contributed by atoms with Crippen LogP contribution in [0.5, 0.6) is 0 Å². The van der Waals surface area contributed by atoms with Gasteiger partial charge in [0.25, 0.3) is 0 Å². The summed E-state index contributed by atoms with van der Waals surface area (Å²) < 4.78 is 5.68. The van der Waals surface area contributed by atoms with Crippen LogP contribution in [0, 0.1) is 5.92 Å². The molecule has 2 N–H and O–H groups in total. The summed E-state index contributed by atoms with van der Waals surface area (Å²) in [6.45, 7) is 5.56. The Balaban J connectivity index is 2.06. The molecule has 1 aliphatic heterocycles. The number of hydrogen-bond donors (Lipinski definition) is 1. The van der Waals surface area contributed by atoms with Crippen molar-refractivity contribution in [3.8, 4) is 0 Å². The average molecular weight is 268 g/mol. The van der Waals surface area contributed by atoms with Crippen LogP contribution in [-0.2, 0) is 9.53 Å². The van der Waals surface area contributed by atoms with Gasteiger partial charge in [-0.25, -0.2) is 0 Å². The minimum atomic E-state index is 0.0295. The molecule has 2 aliphatic rings. The summed E-state index contributed by atoms with van der Waals surface area (Å²) in [4.78, 5) is 14.9. The third kappa shape index (κ3) is 3.48. The molecule has 1 amide bonds. The second-order valence-corrected chi connectivity index (χ2v) is 6.10. The molecular formula is C15H28N2O2. The van der Waals surface area contributed by atoms with Gasteiger partial charge in [0, 0.05) is 12.6 Å². The van der Waals surface area contributed by atoms with E-state index in [1.807, 2.05) is 11.8 Å². The van der Waals surface area contributed by atoms with E-state index in [-0.39, 0.29) is 30.0 Å². The fourth-order valence-corrected chi connectivity index (χ4v) is 3.31. The number of carbonyl (C=O) groups is 1. The molecule has 4 unspecified atom stereocenters. The first-order chi connectivity index (χ1) is 9.13. The van der Waals surface area contributed by atoms with E-state index in [4.69, 9.17) is 10.5 Å². The van der Waals surface area contributed by atoms with Crippen LogP contribution in [0.25, 0.3) is 0 Å². The number of ether oxygens (including phenoxy) is 1. The second-order valence-electron chi connectivity index (χ2n) is 6.10. The lowest BCUT2D eigenvalue weighted by Gasteiger charge is -2.40. The van der Waals surface area contributed by atoms with Crippen LogP contribution in [0.3, 0.4) is 0 Å². The predicted molar refractivity (Wildman–Crippen MR) is 75.8 cm³/mol. The van der Waals surface area contributed by atoms with Crippen molar-refractivity contribution in [2.45, 2.75) is 70.6 Å². The molecule has 4 heteroatoms. The molecule has 1 aliphatic carbocycles. The molecular weight excluding hydrogens is 240 g/mol. The number of amides is 1. The van der Waals surface area contributed by atoms with Crippen molar-refractivity contribution in [3.63, 3.8) is 0 Å². The summed E-state index contributed by atoms with van der Waals surface area (Å²) in [5.41, 5.74) is 6.23. The highest BCUT2D eigenvalue weighted by Crippen LogP contribution is 2.26. The Kier molecular flexibility index (Phi) is 5.22. The normalized spacial score (nSPS) is 36.9. The van der Waals surface area contributed by atoms with Crippen LogP contribution < -0.4 is 5.73 Å². The monoisotopic (exact) mass is 268 g/mol. The van der Waals surface area contributed by atoms with Crippen molar-refractivity contribution in [2.24, 2.45) is 11.7 Å². The molecule has 0 aromatic rings. The molecule has 0 aromatic heterocycles. The van der Waals surface area contributed by atoms with Gasteiger partial charge in [-0.1, -0.05) is 26.2 Å². The van der Waals surface area contributed by atoms with Crippen LogP contribution in [0.1, 0.15) is 52.4 Å². The highest BCUT2D eigenvalue weighted by Gasteiger charge is 2.36. The maximum absolute atomic E-state index is 12.8. The van der Waals surface area contributed by atoms with Crippen LogP contribution >= 0.6 is 0 Å². The zero-order chi connectivity index (χ0) is 13.8.